The molecule has 11 atom stereocenters. The second kappa shape index (κ2) is 21.2. The molecular formula is C41H39Cl4NO16. The topological polar surface area (TPSA) is 211 Å². The fraction of sp³-hybridized carbons (Fsp3) is 0.415. The smallest absolute Gasteiger partial charge is 0.338 e. The highest BCUT2D eigenvalue weighted by atomic mass is 35.6. The van der Waals surface area contributed by atoms with E-state index in [-0.39, 0.29) is 17.7 Å². The van der Waals surface area contributed by atoms with Crippen molar-refractivity contribution in [1.29, 1.82) is 5.41 Å². The van der Waals surface area contributed by atoms with Gasteiger partial charge in [0, 0.05) is 19.4 Å². The van der Waals surface area contributed by atoms with Gasteiger partial charge in [-0.25, -0.2) is 9.59 Å². The quantitative estimate of drug-likeness (QED) is 0.0748. The summed E-state index contributed by atoms with van der Waals surface area (Å²) in [5, 5.41) is 8.43. The zero-order valence-electron chi connectivity index (χ0n) is 32.7. The van der Waals surface area contributed by atoms with Crippen LogP contribution in [0.4, 0.5) is 0 Å². The summed E-state index contributed by atoms with van der Waals surface area (Å²) in [6.07, 6.45) is -17.2. The van der Waals surface area contributed by atoms with E-state index in [0.29, 0.717) is 5.56 Å². The molecule has 0 unspecified atom stereocenters. The maximum absolute atomic E-state index is 13.9. The number of hydrogen-bond donors (Lipinski definition) is 1. The van der Waals surface area contributed by atoms with Crippen LogP contribution in [0.1, 0.15) is 46.4 Å². The van der Waals surface area contributed by atoms with Gasteiger partial charge in [-0.1, -0.05) is 102 Å². The molecule has 3 aromatic carbocycles. The molecule has 0 spiro atoms. The Morgan fingerprint density at radius 3 is 1.76 bits per heavy atom. The van der Waals surface area contributed by atoms with Crippen LogP contribution in [0.5, 0.6) is 0 Å². The first-order valence-corrected chi connectivity index (χ1v) is 20.5. The number of esters is 5. The largest absolute Gasteiger partial charge is 0.463 e. The monoisotopic (exact) mass is 941 g/mol. The van der Waals surface area contributed by atoms with Crippen LogP contribution in [0.2, 0.25) is 0 Å². The molecule has 3 aromatic rings. The van der Waals surface area contributed by atoms with Gasteiger partial charge in [0.25, 0.3) is 3.79 Å². The zero-order chi connectivity index (χ0) is 44.6. The summed E-state index contributed by atoms with van der Waals surface area (Å²) in [4.78, 5) is 65.4. The highest BCUT2D eigenvalue weighted by molar-refractivity contribution is 6.76. The third-order valence-corrected chi connectivity index (χ3v) is 10.1. The van der Waals surface area contributed by atoms with Gasteiger partial charge in [0.2, 0.25) is 12.2 Å². The molecule has 0 aliphatic carbocycles. The Morgan fingerprint density at radius 1 is 0.661 bits per heavy atom. The van der Waals surface area contributed by atoms with Crippen LogP contribution in [0.3, 0.4) is 0 Å². The lowest BCUT2D eigenvalue weighted by Crippen LogP contribution is -2.68. The summed E-state index contributed by atoms with van der Waals surface area (Å²) in [5.41, 5.74) is 0.680. The normalized spacial score (nSPS) is 28.3. The van der Waals surface area contributed by atoms with Crippen molar-refractivity contribution in [3.05, 3.63) is 108 Å². The molecule has 21 heteroatoms. The van der Waals surface area contributed by atoms with E-state index in [4.69, 9.17) is 104 Å². The van der Waals surface area contributed by atoms with Crippen molar-refractivity contribution in [3.8, 4) is 0 Å². The van der Waals surface area contributed by atoms with Gasteiger partial charge in [-0.15, -0.1) is 11.6 Å². The lowest BCUT2D eigenvalue weighted by molar-refractivity contribution is -0.385. The van der Waals surface area contributed by atoms with Crippen LogP contribution in [-0.2, 0) is 66.5 Å². The zero-order valence-corrected chi connectivity index (χ0v) is 35.7. The second-order valence-corrected chi connectivity index (χ2v) is 16.3. The van der Waals surface area contributed by atoms with Gasteiger partial charge in [0.05, 0.1) is 17.7 Å². The van der Waals surface area contributed by atoms with E-state index in [1.165, 1.54) is 24.3 Å². The number of ether oxygens (including phenoxy) is 11. The van der Waals surface area contributed by atoms with E-state index in [1.807, 2.05) is 0 Å². The van der Waals surface area contributed by atoms with E-state index in [2.05, 4.69) is 0 Å². The van der Waals surface area contributed by atoms with Gasteiger partial charge >= 0.3 is 29.8 Å². The molecule has 62 heavy (non-hydrogen) atoms. The van der Waals surface area contributed by atoms with Gasteiger partial charge in [-0.2, -0.15) is 0 Å². The number of halogens is 4. The Balaban J connectivity index is 1.49. The van der Waals surface area contributed by atoms with Gasteiger partial charge in [-0.3, -0.25) is 19.8 Å². The van der Waals surface area contributed by atoms with Gasteiger partial charge in [0.1, 0.15) is 36.9 Å². The van der Waals surface area contributed by atoms with Crippen LogP contribution >= 0.6 is 46.4 Å². The minimum absolute atomic E-state index is 0.0395. The molecule has 0 amide bonds. The minimum atomic E-state index is -2.43. The number of alkyl halides is 4. The van der Waals surface area contributed by atoms with E-state index in [9.17, 15) is 24.0 Å². The molecule has 3 heterocycles. The summed E-state index contributed by atoms with van der Waals surface area (Å²) in [6.45, 7) is 1.36. The highest BCUT2D eigenvalue weighted by Crippen LogP contribution is 2.41. The van der Waals surface area contributed by atoms with Crippen LogP contribution in [0, 0.1) is 5.41 Å². The molecule has 0 radical (unpaired) electrons. The molecular weight excluding hydrogens is 904 g/mol. The summed E-state index contributed by atoms with van der Waals surface area (Å²) in [6, 6.07) is 24.2. The Morgan fingerprint density at radius 2 is 1.23 bits per heavy atom. The molecule has 0 aromatic heterocycles. The molecule has 3 aliphatic rings. The molecule has 6 rings (SSSR count). The number of rotatable bonds is 13. The van der Waals surface area contributed by atoms with Gasteiger partial charge in [0.15, 0.2) is 37.0 Å². The number of nitrogens with one attached hydrogen (secondary N) is 1. The third-order valence-electron chi connectivity index (χ3n) is 9.36. The average molecular weight is 944 g/mol. The third kappa shape index (κ3) is 11.9. The molecule has 3 fully saturated rings. The van der Waals surface area contributed by atoms with Crippen LogP contribution in [0.15, 0.2) is 91.0 Å². The molecule has 3 aliphatic heterocycles. The highest BCUT2D eigenvalue weighted by Gasteiger charge is 2.59. The molecule has 332 valence electrons. The summed E-state index contributed by atoms with van der Waals surface area (Å²) < 4.78 is 63.7. The van der Waals surface area contributed by atoms with Crippen molar-refractivity contribution in [2.24, 2.45) is 0 Å². The predicted molar refractivity (Wildman–Crippen MR) is 215 cm³/mol. The van der Waals surface area contributed by atoms with E-state index in [1.54, 1.807) is 66.7 Å². The van der Waals surface area contributed by atoms with Crippen molar-refractivity contribution >= 4 is 82.1 Å². The second-order valence-electron chi connectivity index (χ2n) is 13.7. The van der Waals surface area contributed by atoms with Crippen molar-refractivity contribution in [1.82, 2.24) is 0 Å². The Bertz CT molecular complexity index is 2040. The number of benzene rings is 3. The molecule has 3 saturated heterocycles. The SMILES string of the molecule is CC(=O)OC[C@H]1O[C@@H](O[C@@H]2[C@@H](OC(=O)c3ccccc3)[C@@H](OC(=N)C(Cl)(Cl)Cl)O[C@@H]3CO[C@@H](c4ccccc4)O[C@@H]23)[C@H](OC(=O)c2ccccc2)[C@@H](OC(=O)CCl)[C@@H]1OC(C)=O. The summed E-state index contributed by atoms with van der Waals surface area (Å²) in [7, 11) is 0. The van der Waals surface area contributed by atoms with Crippen LogP contribution in [-0.4, -0.2) is 120 Å². The number of hydrogen-bond acceptors (Lipinski definition) is 17. The van der Waals surface area contributed by atoms with Crippen molar-refractivity contribution in [2.45, 2.75) is 85.3 Å². The molecule has 0 bridgehead atoms. The Kier molecular flexibility index (Phi) is 16.1. The number of carbonyl (C=O) groups excluding carboxylic acids is 5. The van der Waals surface area contributed by atoms with E-state index >= 15 is 0 Å². The first-order valence-electron chi connectivity index (χ1n) is 18.8. The molecule has 0 saturated carbocycles. The minimum Gasteiger partial charge on any atom is -0.463 e. The first-order chi connectivity index (χ1) is 29.6. The van der Waals surface area contributed by atoms with Gasteiger partial charge < -0.3 is 52.1 Å². The van der Waals surface area contributed by atoms with Crippen molar-refractivity contribution < 1.29 is 76.1 Å². The maximum atomic E-state index is 13.9. The Labute approximate surface area is 374 Å². The lowest BCUT2D eigenvalue weighted by atomic mass is 9.95. The lowest BCUT2D eigenvalue weighted by Gasteiger charge is -2.51. The van der Waals surface area contributed by atoms with E-state index < -0.39 is 120 Å². The standard InChI is InChI=1S/C41H39Cl4NO16/c1-21(47)52-19-26-29(54-22(2)48)31(57-28(49)18-42)33(58-35(50)23-12-6-3-7-13-23)38(55-26)61-32-30-27(20-53-37(60-30)25-16-10-5-11-17-25)56-39(62-40(46)41(43,44)45)34(32)59-36(51)24-14-8-4-9-15-24/h3-17,26-27,29-34,37-39,46H,18-20H2,1-2H3/t26-,27-,29-,30-,31+,32+,33-,34-,37-,38+,39-/m1/s1. The van der Waals surface area contributed by atoms with E-state index in [0.717, 1.165) is 13.8 Å². The van der Waals surface area contributed by atoms with Crippen molar-refractivity contribution in [2.75, 3.05) is 19.1 Å². The molecule has 1 N–H and O–H groups in total. The Hall–Kier alpha value is -4.56. The van der Waals surface area contributed by atoms with Crippen LogP contribution < -0.4 is 0 Å². The number of carbonyl (C=O) groups is 5. The fourth-order valence-electron chi connectivity index (χ4n) is 6.67. The first kappa shape index (κ1) is 46.9. The average Bonchev–Trinajstić information content (AvgIpc) is 3.25. The van der Waals surface area contributed by atoms with Crippen molar-refractivity contribution in [3.63, 3.8) is 0 Å². The summed E-state index contributed by atoms with van der Waals surface area (Å²) >= 11 is 23.9. The number of fused-ring (bicyclic) bond motifs is 1. The fourth-order valence-corrected chi connectivity index (χ4v) is 6.87. The molecule has 17 nitrogen and oxygen atoms in total. The van der Waals surface area contributed by atoms with Crippen LogP contribution in [0.25, 0.3) is 0 Å². The maximum Gasteiger partial charge on any atom is 0.338 e. The predicted octanol–water partition coefficient (Wildman–Crippen LogP) is 5.40. The summed E-state index contributed by atoms with van der Waals surface area (Å²) in [5.74, 6) is -6.23. The van der Waals surface area contributed by atoms with Gasteiger partial charge in [-0.05, 0) is 24.3 Å².